The van der Waals surface area contributed by atoms with E-state index in [1.165, 1.54) is 14.2 Å². The minimum absolute atomic E-state index is 0.0910. The first-order chi connectivity index (χ1) is 14.1. The maximum Gasteiger partial charge on any atom is 0.228 e. The summed E-state index contributed by atoms with van der Waals surface area (Å²) < 4.78 is 62.5. The van der Waals surface area contributed by atoms with Crippen molar-refractivity contribution in [3.05, 3.63) is 22.7 Å². The molecule has 0 aromatic heterocycles. The van der Waals surface area contributed by atoms with Crippen LogP contribution in [-0.4, -0.2) is 37.5 Å². The van der Waals surface area contributed by atoms with Crippen molar-refractivity contribution in [1.29, 1.82) is 0 Å². The van der Waals surface area contributed by atoms with Crippen molar-refractivity contribution in [3.63, 3.8) is 0 Å². The van der Waals surface area contributed by atoms with Crippen LogP contribution in [0.4, 0.5) is 0 Å². The number of methoxy groups -OCH3 is 2. The zero-order valence-corrected chi connectivity index (χ0v) is 14.2. The second-order valence-corrected chi connectivity index (χ2v) is 5.43. The molecule has 0 heterocycles. The lowest BCUT2D eigenvalue weighted by atomic mass is 9.89. The smallest absolute Gasteiger partial charge is 0.228 e. The van der Waals surface area contributed by atoms with Gasteiger partial charge < -0.3 is 14.6 Å². The Morgan fingerprint density at radius 3 is 2.08 bits per heavy atom. The molecule has 0 aromatic carbocycles. The highest BCUT2D eigenvalue weighted by atomic mass is 16.5. The van der Waals surface area contributed by atoms with Crippen molar-refractivity contribution in [2.75, 3.05) is 20.8 Å². The highest BCUT2D eigenvalue weighted by molar-refractivity contribution is 6.23. The average Bonchev–Trinajstić information content (AvgIpc) is 2.59. The van der Waals surface area contributed by atoms with Gasteiger partial charge in [-0.15, -0.1) is 0 Å². The van der Waals surface area contributed by atoms with Gasteiger partial charge in [-0.05, 0) is 26.1 Å². The summed E-state index contributed by atoms with van der Waals surface area (Å²) in [5.41, 5.74) is -0.634. The van der Waals surface area contributed by atoms with Gasteiger partial charge >= 0.3 is 0 Å². The summed E-state index contributed by atoms with van der Waals surface area (Å²) in [6.45, 7) is -5.33. The maximum atomic E-state index is 12.7. The van der Waals surface area contributed by atoms with Gasteiger partial charge in [-0.2, -0.15) is 0 Å². The molecule has 1 rings (SSSR count). The number of unbranched alkanes of at least 4 members (excludes halogenated alkanes) is 4. The molecule has 0 amide bonds. The zero-order chi connectivity index (χ0) is 24.0. The van der Waals surface area contributed by atoms with Gasteiger partial charge in [0, 0.05) is 24.6 Å². The molecule has 136 valence electrons. The van der Waals surface area contributed by atoms with Gasteiger partial charge in [0.05, 0.1) is 17.0 Å². The van der Waals surface area contributed by atoms with Gasteiger partial charge in [-0.1, -0.05) is 38.5 Å². The predicted molar refractivity (Wildman–Crippen MR) is 92.4 cm³/mol. The summed E-state index contributed by atoms with van der Waals surface area (Å²) in [7, 11) is 2.37. The molecule has 0 atom stereocenters. The normalized spacial score (nSPS) is 21.4. The lowest BCUT2D eigenvalue weighted by molar-refractivity contribution is -0.121. The van der Waals surface area contributed by atoms with Gasteiger partial charge in [0.1, 0.15) is 0 Å². The molecule has 0 saturated heterocycles. The largest absolute Gasteiger partial charge is 0.489 e. The number of hydrogen-bond acceptors (Lipinski definition) is 5. The van der Waals surface area contributed by atoms with E-state index in [9.17, 15) is 9.59 Å². The Bertz CT molecular complexity index is 733. The van der Waals surface area contributed by atoms with E-state index in [0.29, 0.717) is 32.1 Å². The van der Waals surface area contributed by atoms with Crippen molar-refractivity contribution in [1.82, 2.24) is 0 Å². The van der Waals surface area contributed by atoms with Crippen LogP contribution in [0.1, 0.15) is 74.2 Å². The highest BCUT2D eigenvalue weighted by Crippen LogP contribution is 2.28. The molecule has 0 bridgehead atoms. The van der Waals surface area contributed by atoms with Crippen LogP contribution in [0.5, 0.6) is 0 Å². The molecule has 0 aromatic rings. The van der Waals surface area contributed by atoms with E-state index < -0.39 is 49.1 Å². The summed E-state index contributed by atoms with van der Waals surface area (Å²) in [6.07, 6.45) is 0.725. The Balaban J connectivity index is 2.67. The summed E-state index contributed by atoms with van der Waals surface area (Å²) >= 11 is 0. The maximum absolute atomic E-state index is 12.7. The summed E-state index contributed by atoms with van der Waals surface area (Å²) in [5.74, 6) is -2.26. The molecule has 0 radical (unpaired) electrons. The van der Waals surface area contributed by atoms with E-state index in [-0.39, 0.29) is 24.2 Å². The lowest BCUT2D eigenvalue weighted by Crippen LogP contribution is -2.25. The van der Waals surface area contributed by atoms with Crippen LogP contribution in [0.2, 0.25) is 0 Å². The van der Waals surface area contributed by atoms with E-state index in [2.05, 4.69) is 0 Å². The van der Waals surface area contributed by atoms with Gasteiger partial charge in [0.2, 0.25) is 23.1 Å². The number of carbonyl (C=O) groups excluding carboxylic acids is 2. The Kier molecular flexibility index (Phi) is 5.44. The summed E-state index contributed by atoms with van der Waals surface area (Å²) in [6, 6.07) is 0. The number of ether oxygens (including phenoxy) is 2. The minimum Gasteiger partial charge on any atom is -0.489 e. The molecule has 1 N–H and O–H groups in total. The first kappa shape index (κ1) is 11.9. The molecule has 0 fully saturated rings. The molecule has 0 saturated carbocycles. The van der Waals surface area contributed by atoms with E-state index in [0.717, 1.165) is 0 Å². The second-order valence-electron chi connectivity index (χ2n) is 5.43. The van der Waals surface area contributed by atoms with Gasteiger partial charge in [-0.25, -0.2) is 0 Å². The van der Waals surface area contributed by atoms with Crippen molar-refractivity contribution < 1.29 is 33.8 Å². The molecular formula is C19H30O5. The fourth-order valence-electron chi connectivity index (χ4n) is 2.54. The number of aliphatic hydroxyl groups is 1. The predicted octanol–water partition coefficient (Wildman–Crippen LogP) is 3.46. The monoisotopic (exact) mass is 345 g/mol. The van der Waals surface area contributed by atoms with Crippen LogP contribution in [0, 0.1) is 0 Å². The number of Topliss-reactive ketones (excluding diaryl/α,β-unsaturated/α-hetero) is 2. The standard InChI is InChI=1S/C19H30O5/c1-14-15(12-10-8-6-4-5-7-9-11-13-20)17(22)19(24-3)18(23-2)16(14)21/h20H,4-13H2,1-3H3/i1D3,9D2,13D2. The number of hydrogen-bond donors (Lipinski definition) is 1. The Morgan fingerprint density at radius 1 is 0.917 bits per heavy atom. The molecule has 1 aliphatic carbocycles. The van der Waals surface area contributed by atoms with E-state index in [4.69, 9.17) is 24.2 Å². The second kappa shape index (κ2) is 11.0. The molecule has 5 nitrogen and oxygen atoms in total. The molecule has 5 heteroatoms. The summed E-state index contributed by atoms with van der Waals surface area (Å²) in [5, 5.41) is 9.11. The van der Waals surface area contributed by atoms with Crippen LogP contribution in [0.25, 0.3) is 0 Å². The first-order valence-electron chi connectivity index (χ1n) is 11.5. The molecular weight excluding hydrogens is 308 g/mol. The zero-order valence-electron chi connectivity index (χ0n) is 21.2. The van der Waals surface area contributed by atoms with Crippen molar-refractivity contribution >= 4 is 11.6 Å². The number of allylic oxidation sites excluding steroid dienone is 2. The molecule has 0 unspecified atom stereocenters. The molecule has 0 aliphatic heterocycles. The number of carbonyl (C=O) groups is 2. The molecule has 24 heavy (non-hydrogen) atoms. The average molecular weight is 345 g/mol. The fraction of sp³-hybridized carbons (Fsp3) is 0.684. The SMILES string of the molecule is [2H]C([2H])(O)CC([2H])([2H])CCCCCCCC1=C(C([2H])([2H])[2H])C(=O)C(OC)=C(OC)C1=O. The third-order valence-electron chi connectivity index (χ3n) is 3.81. The lowest BCUT2D eigenvalue weighted by Gasteiger charge is -2.20. The fourth-order valence-corrected chi connectivity index (χ4v) is 2.54. The van der Waals surface area contributed by atoms with Crippen molar-refractivity contribution in [3.8, 4) is 0 Å². The van der Waals surface area contributed by atoms with Crippen LogP contribution >= 0.6 is 0 Å². The number of ketones is 2. The van der Waals surface area contributed by atoms with Gasteiger partial charge in [0.15, 0.2) is 0 Å². The van der Waals surface area contributed by atoms with Crippen LogP contribution < -0.4 is 0 Å². The van der Waals surface area contributed by atoms with Crippen molar-refractivity contribution in [2.24, 2.45) is 0 Å². The Morgan fingerprint density at radius 2 is 1.50 bits per heavy atom. The van der Waals surface area contributed by atoms with Gasteiger partial charge in [0.25, 0.3) is 0 Å². The molecule has 1 aliphatic rings. The van der Waals surface area contributed by atoms with Gasteiger partial charge in [-0.3, -0.25) is 9.59 Å². The van der Waals surface area contributed by atoms with Crippen LogP contribution in [0.15, 0.2) is 22.7 Å². The van der Waals surface area contributed by atoms with E-state index >= 15 is 0 Å². The first-order valence-corrected chi connectivity index (χ1v) is 8.02. The Hall–Kier alpha value is -1.62. The minimum atomic E-state index is -2.77. The van der Waals surface area contributed by atoms with Crippen LogP contribution in [-0.2, 0) is 19.1 Å². The highest BCUT2D eigenvalue weighted by Gasteiger charge is 2.34. The molecule has 0 spiro atoms. The topological polar surface area (TPSA) is 72.8 Å². The Labute approximate surface area is 154 Å². The van der Waals surface area contributed by atoms with E-state index in [1.807, 2.05) is 0 Å². The van der Waals surface area contributed by atoms with Crippen LogP contribution in [0.3, 0.4) is 0 Å². The number of rotatable bonds is 12. The quantitative estimate of drug-likeness (QED) is 0.433. The van der Waals surface area contributed by atoms with Crippen molar-refractivity contribution in [2.45, 2.75) is 64.6 Å². The third-order valence-corrected chi connectivity index (χ3v) is 3.81. The van der Waals surface area contributed by atoms with E-state index in [1.54, 1.807) is 0 Å². The third kappa shape index (κ3) is 5.48. The summed E-state index contributed by atoms with van der Waals surface area (Å²) in [4.78, 5) is 25.3.